The highest BCUT2D eigenvalue weighted by Gasteiger charge is 2.16. The average molecular weight is 649 g/mol. The van der Waals surface area contributed by atoms with Crippen molar-refractivity contribution in [3.8, 4) is 0 Å². The minimum atomic E-state index is 0. The summed E-state index contributed by atoms with van der Waals surface area (Å²) in [5.74, 6) is 7.75. The Bertz CT molecular complexity index is 431. The SMILES string of the molecule is C.C.CC(C)CCC(CCC(C)C)C(C)C.CC(C)NCC(COC(C)C)C(C)C.CC(C)NCC(CSC(C)C)C(C)C. The fourth-order valence-corrected chi connectivity index (χ4v) is 5.42. The van der Waals surface area contributed by atoms with Gasteiger partial charge in [-0.25, -0.2) is 0 Å². The fraction of sp³-hybridized carbons (Fsp3) is 1.00. The summed E-state index contributed by atoms with van der Waals surface area (Å²) in [4.78, 5) is 0. The third kappa shape index (κ3) is 40.3. The molecule has 0 rings (SSSR count). The van der Waals surface area contributed by atoms with E-state index in [0.29, 0.717) is 30.0 Å². The van der Waals surface area contributed by atoms with Crippen molar-refractivity contribution in [1.29, 1.82) is 0 Å². The summed E-state index contributed by atoms with van der Waals surface area (Å²) < 4.78 is 5.66. The van der Waals surface area contributed by atoms with Crippen LogP contribution >= 0.6 is 11.8 Å². The van der Waals surface area contributed by atoms with Gasteiger partial charge in [-0.3, -0.25) is 0 Å². The van der Waals surface area contributed by atoms with Gasteiger partial charge in [0.2, 0.25) is 0 Å². The molecule has 0 saturated heterocycles. The van der Waals surface area contributed by atoms with Crippen LogP contribution < -0.4 is 10.6 Å². The number of thioether (sulfide) groups is 1. The van der Waals surface area contributed by atoms with Crippen molar-refractivity contribution in [3.63, 3.8) is 0 Å². The zero-order chi connectivity index (χ0) is 33.4. The van der Waals surface area contributed by atoms with Crippen molar-refractivity contribution in [3.05, 3.63) is 0 Å². The Kier molecular flexibility index (Phi) is 40.5. The second kappa shape index (κ2) is 33.1. The van der Waals surface area contributed by atoms with Crippen molar-refractivity contribution in [2.75, 3.05) is 25.4 Å². The summed E-state index contributed by atoms with van der Waals surface area (Å²) >= 11 is 2.08. The Morgan fingerprint density at radius 2 is 0.841 bits per heavy atom. The molecule has 0 aromatic rings. The van der Waals surface area contributed by atoms with Crippen LogP contribution in [0.25, 0.3) is 0 Å². The Labute approximate surface area is 287 Å². The summed E-state index contributed by atoms with van der Waals surface area (Å²) in [6.45, 7) is 43.9. The van der Waals surface area contributed by atoms with Crippen LogP contribution in [0.5, 0.6) is 0 Å². The van der Waals surface area contributed by atoms with Gasteiger partial charge < -0.3 is 15.4 Å². The Morgan fingerprint density at radius 1 is 0.477 bits per heavy atom. The topological polar surface area (TPSA) is 33.3 Å². The molecule has 2 N–H and O–H groups in total. The Balaban J connectivity index is -0.000000169. The normalized spacial score (nSPS) is 13.1. The second-order valence-electron chi connectivity index (χ2n) is 15.8. The van der Waals surface area contributed by atoms with E-state index in [1.165, 1.54) is 31.4 Å². The van der Waals surface area contributed by atoms with E-state index in [2.05, 4.69) is 147 Å². The van der Waals surface area contributed by atoms with Gasteiger partial charge in [-0.05, 0) is 91.6 Å². The zero-order valence-electron chi connectivity index (χ0n) is 32.4. The van der Waals surface area contributed by atoms with Crippen molar-refractivity contribution >= 4 is 11.8 Å². The van der Waals surface area contributed by atoms with E-state index >= 15 is 0 Å². The molecule has 0 aromatic heterocycles. The molecule has 0 fully saturated rings. The zero-order valence-corrected chi connectivity index (χ0v) is 33.2. The van der Waals surface area contributed by atoms with Gasteiger partial charge in [0.25, 0.3) is 0 Å². The predicted octanol–water partition coefficient (Wildman–Crippen LogP) is 12.5. The van der Waals surface area contributed by atoms with Gasteiger partial charge in [-0.1, -0.05) is 138 Å². The summed E-state index contributed by atoms with van der Waals surface area (Å²) in [7, 11) is 0. The van der Waals surface area contributed by atoms with Gasteiger partial charge in [0.15, 0.2) is 0 Å². The van der Waals surface area contributed by atoms with Crippen LogP contribution in [0.2, 0.25) is 0 Å². The first-order chi connectivity index (χ1) is 19.3. The molecule has 0 radical (unpaired) electrons. The Hall–Kier alpha value is 0.230. The quantitative estimate of drug-likeness (QED) is 0.130. The van der Waals surface area contributed by atoms with Crippen molar-refractivity contribution in [1.82, 2.24) is 10.6 Å². The summed E-state index contributed by atoms with van der Waals surface area (Å²) in [5.41, 5.74) is 0. The summed E-state index contributed by atoms with van der Waals surface area (Å²) in [5, 5.41) is 7.77. The van der Waals surface area contributed by atoms with E-state index in [1.807, 2.05) is 0 Å². The fourth-order valence-electron chi connectivity index (χ4n) is 4.29. The van der Waals surface area contributed by atoms with Crippen molar-refractivity contribution < 1.29 is 4.74 Å². The molecule has 0 spiro atoms. The first-order valence-corrected chi connectivity index (χ1v) is 19.0. The molecule has 0 amide bonds. The first kappa shape index (κ1) is 53.7. The van der Waals surface area contributed by atoms with Gasteiger partial charge in [0.05, 0.1) is 12.7 Å². The third-order valence-corrected chi connectivity index (χ3v) is 9.21. The molecular weight excluding hydrogens is 557 g/mol. The van der Waals surface area contributed by atoms with Gasteiger partial charge in [0, 0.05) is 18.6 Å². The number of hydrogen-bond acceptors (Lipinski definition) is 4. The standard InChI is InChI=1S/C14H30.C12H27NO.C12H27NS.2CH4/c1-11(2)7-9-14(13(5)6)10-8-12(3)4;2*1-9(2)12(7-13-10(3)4)8-14-11(5)6;;/h11-14H,7-10H2,1-6H3;2*9-13H,7-8H2,1-6H3;2*1H4. The van der Waals surface area contributed by atoms with E-state index in [4.69, 9.17) is 4.74 Å². The highest BCUT2D eigenvalue weighted by atomic mass is 32.2. The molecule has 4 heteroatoms. The molecule has 3 nitrogen and oxygen atoms in total. The number of nitrogens with one attached hydrogen (secondary N) is 2. The molecule has 0 aliphatic heterocycles. The monoisotopic (exact) mass is 649 g/mol. The third-order valence-electron chi connectivity index (χ3n) is 7.92. The van der Waals surface area contributed by atoms with Gasteiger partial charge in [-0.15, -0.1) is 0 Å². The second-order valence-corrected chi connectivity index (χ2v) is 17.5. The summed E-state index contributed by atoms with van der Waals surface area (Å²) in [6, 6.07) is 1.18. The molecule has 274 valence electrons. The van der Waals surface area contributed by atoms with Crippen LogP contribution in [0.15, 0.2) is 0 Å². The smallest absolute Gasteiger partial charge is 0.0519 e. The van der Waals surface area contributed by atoms with E-state index in [0.717, 1.165) is 60.5 Å². The van der Waals surface area contributed by atoms with Crippen LogP contribution in [0.3, 0.4) is 0 Å². The Morgan fingerprint density at radius 3 is 1.11 bits per heavy atom. The number of ether oxygens (including phenoxy) is 1. The van der Waals surface area contributed by atoms with E-state index in [1.54, 1.807) is 0 Å². The maximum atomic E-state index is 5.66. The highest BCUT2D eigenvalue weighted by molar-refractivity contribution is 7.99. The van der Waals surface area contributed by atoms with Crippen LogP contribution in [-0.4, -0.2) is 48.9 Å². The van der Waals surface area contributed by atoms with Gasteiger partial charge >= 0.3 is 0 Å². The van der Waals surface area contributed by atoms with Crippen LogP contribution in [-0.2, 0) is 4.74 Å². The lowest BCUT2D eigenvalue weighted by Gasteiger charge is -2.23. The maximum Gasteiger partial charge on any atom is 0.0519 e. The van der Waals surface area contributed by atoms with Crippen molar-refractivity contribution in [2.45, 2.75) is 189 Å². The maximum absolute atomic E-state index is 5.66. The lowest BCUT2D eigenvalue weighted by molar-refractivity contribution is 0.0387. The summed E-state index contributed by atoms with van der Waals surface area (Å²) in [6.07, 6.45) is 6.02. The van der Waals surface area contributed by atoms with Crippen LogP contribution in [0.4, 0.5) is 0 Å². The molecule has 44 heavy (non-hydrogen) atoms. The van der Waals surface area contributed by atoms with Gasteiger partial charge in [-0.2, -0.15) is 11.8 Å². The largest absolute Gasteiger partial charge is 0.378 e. The lowest BCUT2D eigenvalue weighted by atomic mass is 9.84. The minimum Gasteiger partial charge on any atom is -0.378 e. The molecule has 0 heterocycles. The molecule has 0 aliphatic carbocycles. The van der Waals surface area contributed by atoms with E-state index in [9.17, 15) is 0 Å². The molecule has 0 bridgehead atoms. The van der Waals surface area contributed by atoms with Crippen molar-refractivity contribution in [2.24, 2.45) is 47.3 Å². The predicted molar refractivity (Wildman–Crippen MR) is 212 cm³/mol. The molecule has 0 saturated carbocycles. The van der Waals surface area contributed by atoms with Crippen LogP contribution in [0.1, 0.15) is 165 Å². The first-order valence-electron chi connectivity index (χ1n) is 18.0. The lowest BCUT2D eigenvalue weighted by Crippen LogP contribution is -2.34. The van der Waals surface area contributed by atoms with E-state index < -0.39 is 0 Å². The highest BCUT2D eigenvalue weighted by Crippen LogP contribution is 2.26. The van der Waals surface area contributed by atoms with Gasteiger partial charge in [0.1, 0.15) is 0 Å². The number of rotatable bonds is 21. The average Bonchev–Trinajstić information content (AvgIpc) is 2.83. The molecule has 2 atom stereocenters. The number of hydrogen-bond donors (Lipinski definition) is 2. The molecule has 0 aliphatic rings. The molecule has 2 unspecified atom stereocenters. The van der Waals surface area contributed by atoms with Crippen LogP contribution in [0, 0.1) is 47.3 Å². The molecule has 0 aromatic carbocycles. The minimum absolute atomic E-state index is 0. The van der Waals surface area contributed by atoms with E-state index in [-0.39, 0.29) is 14.9 Å². The molecular formula is C40H92N2OS.